The van der Waals surface area contributed by atoms with E-state index in [0.29, 0.717) is 28.0 Å². The number of fused-ring (bicyclic) bond motifs is 3. The lowest BCUT2D eigenvalue weighted by Crippen LogP contribution is -2.19. The van der Waals surface area contributed by atoms with Gasteiger partial charge in [-0.25, -0.2) is 0 Å². The van der Waals surface area contributed by atoms with E-state index in [-0.39, 0.29) is 5.56 Å². The molecule has 0 radical (unpaired) electrons. The number of aryl methyl sites for hydroxylation is 1. The first kappa shape index (κ1) is 20.0. The topological polar surface area (TPSA) is 99.2 Å². The molecule has 0 aliphatic heterocycles. The van der Waals surface area contributed by atoms with Crippen molar-refractivity contribution >= 4 is 61.2 Å². The molecule has 4 heterocycles. The number of thiophene rings is 1. The molecule has 0 fully saturated rings. The zero-order valence-corrected chi connectivity index (χ0v) is 19.1. The summed E-state index contributed by atoms with van der Waals surface area (Å²) in [4.78, 5) is 12.5. The molecule has 4 aromatic heterocycles. The van der Waals surface area contributed by atoms with E-state index in [0.717, 1.165) is 27.1 Å². The van der Waals surface area contributed by atoms with Gasteiger partial charge in [-0.15, -0.1) is 31.7 Å². The summed E-state index contributed by atoms with van der Waals surface area (Å²) in [5.74, 6) is 2.60. The largest absolute Gasteiger partial charge is 0.492 e. The first-order valence-corrected chi connectivity index (χ1v) is 12.1. The molecule has 12 heteroatoms. The molecule has 0 atom stereocenters. The van der Waals surface area contributed by atoms with Gasteiger partial charge in [0.2, 0.25) is 10.9 Å². The van der Waals surface area contributed by atoms with Crippen LogP contribution in [0.5, 0.6) is 5.75 Å². The van der Waals surface area contributed by atoms with E-state index in [1.54, 1.807) is 7.05 Å². The van der Waals surface area contributed by atoms with Crippen LogP contribution in [0.4, 0.5) is 10.8 Å². The summed E-state index contributed by atoms with van der Waals surface area (Å²) in [6.45, 7) is 2.54. The van der Waals surface area contributed by atoms with Gasteiger partial charge in [0.15, 0.2) is 4.34 Å². The van der Waals surface area contributed by atoms with E-state index in [9.17, 15) is 4.79 Å². The van der Waals surface area contributed by atoms with Crippen molar-refractivity contribution in [3.63, 3.8) is 0 Å². The molecule has 5 rings (SSSR count). The van der Waals surface area contributed by atoms with Crippen LogP contribution in [-0.2, 0) is 12.8 Å². The van der Waals surface area contributed by atoms with Crippen molar-refractivity contribution in [3.05, 3.63) is 51.9 Å². The summed E-state index contributed by atoms with van der Waals surface area (Å²) in [5.41, 5.74) is 1.62. The lowest BCUT2D eigenvalue weighted by atomic mass is 10.3. The van der Waals surface area contributed by atoms with Gasteiger partial charge in [-0.3, -0.25) is 13.8 Å². The summed E-state index contributed by atoms with van der Waals surface area (Å²) in [5, 5.41) is 22.9. The predicted octanol–water partition coefficient (Wildman–Crippen LogP) is 3.93. The average Bonchev–Trinajstić information content (AvgIpc) is 3.51. The van der Waals surface area contributed by atoms with Gasteiger partial charge in [0.1, 0.15) is 16.3 Å². The molecule has 0 bridgehead atoms. The Hall–Kier alpha value is -2.96. The maximum absolute atomic E-state index is 12.5. The molecule has 0 aliphatic rings. The van der Waals surface area contributed by atoms with Crippen LogP contribution in [0.3, 0.4) is 0 Å². The normalized spacial score (nSPS) is 11.4. The van der Waals surface area contributed by atoms with Crippen LogP contribution in [0.25, 0.3) is 16.0 Å². The molecule has 0 amide bonds. The van der Waals surface area contributed by atoms with E-state index in [1.165, 1.54) is 39.0 Å². The Kier molecular flexibility index (Phi) is 5.34. The van der Waals surface area contributed by atoms with Gasteiger partial charge in [-0.2, -0.15) is 0 Å². The van der Waals surface area contributed by atoms with Crippen molar-refractivity contribution in [2.45, 2.75) is 17.0 Å². The Morgan fingerprint density at radius 2 is 2.03 bits per heavy atom. The SMILES string of the molecule is CCOc1ccccc1Nc1nnc(SCc2nnc3n(C)c(=O)c4sccc4n23)s1. The molecule has 31 heavy (non-hydrogen) atoms. The average molecular weight is 472 g/mol. The summed E-state index contributed by atoms with van der Waals surface area (Å²) < 4.78 is 10.6. The highest BCUT2D eigenvalue weighted by Crippen LogP contribution is 2.33. The molecule has 1 N–H and O–H groups in total. The monoisotopic (exact) mass is 471 g/mol. The van der Waals surface area contributed by atoms with Gasteiger partial charge in [0, 0.05) is 7.05 Å². The number of hydrogen-bond acceptors (Lipinski definition) is 10. The molecule has 1 aromatic carbocycles. The van der Waals surface area contributed by atoms with Crippen LogP contribution < -0.4 is 15.6 Å². The second-order valence-electron chi connectivity index (χ2n) is 6.47. The Bertz CT molecular complexity index is 1440. The highest BCUT2D eigenvalue weighted by Gasteiger charge is 2.16. The highest BCUT2D eigenvalue weighted by atomic mass is 32.2. The predicted molar refractivity (Wildman–Crippen MR) is 124 cm³/mol. The first-order valence-electron chi connectivity index (χ1n) is 9.41. The summed E-state index contributed by atoms with van der Waals surface area (Å²) in [7, 11) is 1.71. The number of nitrogens with one attached hydrogen (secondary N) is 1. The number of thioether (sulfide) groups is 1. The Balaban J connectivity index is 1.37. The fraction of sp³-hybridized carbons (Fsp3) is 0.211. The van der Waals surface area contributed by atoms with Gasteiger partial charge in [0.05, 0.1) is 23.6 Å². The van der Waals surface area contributed by atoms with Crippen molar-refractivity contribution in [1.29, 1.82) is 0 Å². The minimum atomic E-state index is -0.0590. The third-order valence-electron chi connectivity index (χ3n) is 4.56. The van der Waals surface area contributed by atoms with Crippen LogP contribution in [0.1, 0.15) is 12.7 Å². The summed E-state index contributed by atoms with van der Waals surface area (Å²) >= 11 is 4.41. The lowest BCUT2D eigenvalue weighted by molar-refractivity contribution is 0.342. The summed E-state index contributed by atoms with van der Waals surface area (Å²) in [6.07, 6.45) is 0. The molecule has 0 aliphatic carbocycles. The van der Waals surface area contributed by atoms with Gasteiger partial charge in [0.25, 0.3) is 5.56 Å². The molecule has 0 saturated carbocycles. The van der Waals surface area contributed by atoms with Crippen LogP contribution >= 0.6 is 34.4 Å². The molecule has 0 spiro atoms. The summed E-state index contributed by atoms with van der Waals surface area (Å²) in [6, 6.07) is 9.65. The van der Waals surface area contributed by atoms with Gasteiger partial charge in [-0.1, -0.05) is 35.2 Å². The number of ether oxygens (including phenoxy) is 1. The molecule has 0 saturated heterocycles. The van der Waals surface area contributed by atoms with E-state index < -0.39 is 0 Å². The second-order valence-corrected chi connectivity index (χ2v) is 9.58. The van der Waals surface area contributed by atoms with Gasteiger partial charge >= 0.3 is 0 Å². The smallest absolute Gasteiger partial charge is 0.272 e. The van der Waals surface area contributed by atoms with Crippen LogP contribution in [0.15, 0.2) is 44.8 Å². The molecule has 9 nitrogen and oxygen atoms in total. The first-order chi connectivity index (χ1) is 15.2. The molecule has 158 valence electrons. The van der Waals surface area contributed by atoms with Crippen LogP contribution in [-0.4, -0.2) is 36.0 Å². The minimum absolute atomic E-state index is 0.0590. The van der Waals surface area contributed by atoms with Crippen molar-refractivity contribution in [2.75, 3.05) is 11.9 Å². The third kappa shape index (κ3) is 3.66. The van der Waals surface area contributed by atoms with E-state index in [2.05, 4.69) is 25.7 Å². The number of aromatic nitrogens is 6. The number of hydrogen-bond donors (Lipinski definition) is 1. The fourth-order valence-corrected chi connectivity index (χ4v) is 5.69. The lowest BCUT2D eigenvalue weighted by Gasteiger charge is -2.09. The third-order valence-corrected chi connectivity index (χ3v) is 7.42. The maximum Gasteiger partial charge on any atom is 0.272 e. The van der Waals surface area contributed by atoms with Crippen molar-refractivity contribution in [2.24, 2.45) is 7.05 Å². The minimum Gasteiger partial charge on any atom is -0.492 e. The quantitative estimate of drug-likeness (QED) is 0.357. The van der Waals surface area contributed by atoms with Gasteiger partial charge < -0.3 is 10.1 Å². The number of benzene rings is 1. The maximum atomic E-state index is 12.5. The Labute approximate surface area is 188 Å². The standard InChI is InChI=1S/C19H17N7O2S3/c1-3-28-13-7-5-4-6-11(13)20-17-22-24-19(31-17)30-10-14-21-23-18-25(2)16(27)15-12(26(14)18)8-9-29-15/h4-9H,3,10H2,1-2H3,(H,20,22). The van der Waals surface area contributed by atoms with E-state index >= 15 is 0 Å². The van der Waals surface area contributed by atoms with Crippen LogP contribution in [0.2, 0.25) is 0 Å². The molecule has 0 unspecified atom stereocenters. The number of anilines is 2. The van der Waals surface area contributed by atoms with Gasteiger partial charge in [-0.05, 0) is 30.5 Å². The van der Waals surface area contributed by atoms with Crippen molar-refractivity contribution in [1.82, 2.24) is 29.4 Å². The fourth-order valence-electron chi connectivity index (χ4n) is 3.16. The second kappa shape index (κ2) is 8.29. The molecular weight excluding hydrogens is 454 g/mol. The zero-order valence-electron chi connectivity index (χ0n) is 16.6. The Morgan fingerprint density at radius 3 is 2.90 bits per heavy atom. The van der Waals surface area contributed by atoms with Crippen molar-refractivity contribution < 1.29 is 4.74 Å². The molecular formula is C19H17N7O2S3. The van der Waals surface area contributed by atoms with E-state index in [1.807, 2.05) is 47.0 Å². The number of nitrogens with zero attached hydrogens (tertiary/aromatic N) is 6. The van der Waals surface area contributed by atoms with Crippen LogP contribution in [0, 0.1) is 0 Å². The van der Waals surface area contributed by atoms with E-state index in [4.69, 9.17) is 4.74 Å². The molecule has 5 aromatic rings. The Morgan fingerprint density at radius 1 is 1.16 bits per heavy atom. The highest BCUT2D eigenvalue weighted by molar-refractivity contribution is 8.00. The number of rotatable bonds is 7. The van der Waals surface area contributed by atoms with Crippen molar-refractivity contribution in [3.8, 4) is 5.75 Å². The number of para-hydroxylation sites is 2. The zero-order chi connectivity index (χ0) is 21.4.